The maximum atomic E-state index is 12.3. The number of sulfone groups is 1. The van der Waals surface area contributed by atoms with Crippen LogP contribution in [0.4, 0.5) is 8.78 Å². The molecule has 1 saturated heterocycles. The number of benzene rings is 1. The van der Waals surface area contributed by atoms with Crippen LogP contribution in [-0.2, 0) is 21.2 Å². The molecule has 1 aromatic carbocycles. The molecule has 0 spiro atoms. The molecule has 21 heavy (non-hydrogen) atoms. The lowest BCUT2D eigenvalue weighted by atomic mass is 10.1. The van der Waals surface area contributed by atoms with Crippen molar-refractivity contribution in [2.24, 2.45) is 5.92 Å². The van der Waals surface area contributed by atoms with E-state index in [9.17, 15) is 22.0 Å². The van der Waals surface area contributed by atoms with Gasteiger partial charge >= 0.3 is 6.61 Å². The van der Waals surface area contributed by atoms with Gasteiger partial charge in [0.05, 0.1) is 17.4 Å². The number of ether oxygens (including phenoxy) is 1. The summed E-state index contributed by atoms with van der Waals surface area (Å²) in [5.41, 5.74) is 0.409. The molecule has 0 bridgehead atoms. The predicted octanol–water partition coefficient (Wildman–Crippen LogP) is 1.34. The molecule has 1 atom stereocenters. The second kappa shape index (κ2) is 6.38. The Morgan fingerprint density at radius 3 is 2.71 bits per heavy atom. The molecule has 116 valence electrons. The predicted molar refractivity (Wildman–Crippen MR) is 71.7 cm³/mol. The summed E-state index contributed by atoms with van der Waals surface area (Å²) >= 11 is 0. The van der Waals surface area contributed by atoms with E-state index in [0.717, 1.165) is 0 Å². The molecular weight excluding hydrogens is 304 g/mol. The fourth-order valence-electron chi connectivity index (χ4n) is 2.19. The van der Waals surface area contributed by atoms with Crippen LogP contribution in [0.2, 0.25) is 0 Å². The number of rotatable bonds is 5. The lowest BCUT2D eigenvalue weighted by molar-refractivity contribution is -0.124. The Bertz CT molecular complexity index is 618. The van der Waals surface area contributed by atoms with Crippen LogP contribution in [0.1, 0.15) is 12.0 Å². The molecular formula is C13H15F2NO4S. The van der Waals surface area contributed by atoms with Crippen molar-refractivity contribution in [1.82, 2.24) is 5.32 Å². The van der Waals surface area contributed by atoms with E-state index in [1.165, 1.54) is 6.07 Å². The average molecular weight is 319 g/mol. The van der Waals surface area contributed by atoms with Gasteiger partial charge in [0.1, 0.15) is 5.75 Å². The third kappa shape index (κ3) is 4.38. The Hall–Kier alpha value is -1.70. The van der Waals surface area contributed by atoms with E-state index >= 15 is 0 Å². The lowest BCUT2D eigenvalue weighted by Gasteiger charge is -2.13. The monoisotopic (exact) mass is 319 g/mol. The molecule has 1 unspecified atom stereocenters. The van der Waals surface area contributed by atoms with Crippen LogP contribution in [0.15, 0.2) is 24.3 Å². The van der Waals surface area contributed by atoms with Gasteiger partial charge in [-0.2, -0.15) is 8.78 Å². The van der Waals surface area contributed by atoms with Crippen molar-refractivity contribution in [2.75, 3.05) is 11.5 Å². The number of carbonyl (C=O) groups is 1. The van der Waals surface area contributed by atoms with Gasteiger partial charge in [-0.25, -0.2) is 8.42 Å². The van der Waals surface area contributed by atoms with Gasteiger partial charge in [-0.1, -0.05) is 18.2 Å². The van der Waals surface area contributed by atoms with Crippen LogP contribution >= 0.6 is 0 Å². The standard InChI is InChI=1S/C13H15F2NO4S/c14-13(15)20-11-4-2-1-3-9(11)7-16-12(17)10-5-6-21(18,19)8-10/h1-4,10,13H,5-8H2,(H,16,17). The fourth-order valence-corrected chi connectivity index (χ4v) is 3.93. The first-order valence-electron chi connectivity index (χ1n) is 6.38. The molecule has 1 fully saturated rings. The molecule has 1 aliphatic heterocycles. The highest BCUT2D eigenvalue weighted by Crippen LogP contribution is 2.21. The first-order chi connectivity index (χ1) is 9.87. The zero-order valence-corrected chi connectivity index (χ0v) is 11.9. The van der Waals surface area contributed by atoms with Crippen LogP contribution in [-0.4, -0.2) is 32.4 Å². The van der Waals surface area contributed by atoms with Gasteiger partial charge in [-0.3, -0.25) is 4.79 Å². The Morgan fingerprint density at radius 2 is 2.10 bits per heavy atom. The summed E-state index contributed by atoms with van der Waals surface area (Å²) in [7, 11) is -3.13. The normalized spacial score (nSPS) is 20.4. The van der Waals surface area contributed by atoms with Crippen molar-refractivity contribution < 1.29 is 26.7 Å². The topological polar surface area (TPSA) is 72.5 Å². The minimum absolute atomic E-state index is 0.00755. The second-order valence-electron chi connectivity index (χ2n) is 4.80. The van der Waals surface area contributed by atoms with Crippen LogP contribution in [0.25, 0.3) is 0 Å². The highest BCUT2D eigenvalue weighted by atomic mass is 32.2. The third-order valence-electron chi connectivity index (χ3n) is 3.24. The van der Waals surface area contributed by atoms with Gasteiger partial charge < -0.3 is 10.1 Å². The number of hydrogen-bond donors (Lipinski definition) is 1. The smallest absolute Gasteiger partial charge is 0.387 e. The van der Waals surface area contributed by atoms with Crippen molar-refractivity contribution in [3.63, 3.8) is 0 Å². The first kappa shape index (κ1) is 15.7. The van der Waals surface area contributed by atoms with Gasteiger partial charge in [0.15, 0.2) is 9.84 Å². The Balaban J connectivity index is 1.96. The van der Waals surface area contributed by atoms with Crippen molar-refractivity contribution in [1.29, 1.82) is 0 Å². The number of nitrogens with one attached hydrogen (secondary N) is 1. The van der Waals surface area contributed by atoms with E-state index in [0.29, 0.717) is 12.0 Å². The maximum absolute atomic E-state index is 12.3. The van der Waals surface area contributed by atoms with Crippen LogP contribution in [0.3, 0.4) is 0 Å². The van der Waals surface area contributed by atoms with Gasteiger partial charge in [-0.15, -0.1) is 0 Å². The zero-order chi connectivity index (χ0) is 15.5. The fraction of sp³-hybridized carbons (Fsp3) is 0.462. The quantitative estimate of drug-likeness (QED) is 0.889. The number of carbonyl (C=O) groups excluding carboxylic acids is 1. The number of halogens is 2. The number of hydrogen-bond acceptors (Lipinski definition) is 4. The SMILES string of the molecule is O=C(NCc1ccccc1OC(F)F)C1CCS(=O)(=O)C1. The van der Waals surface area contributed by atoms with Crippen LogP contribution in [0.5, 0.6) is 5.75 Å². The average Bonchev–Trinajstić information content (AvgIpc) is 2.77. The maximum Gasteiger partial charge on any atom is 0.387 e. The molecule has 0 saturated carbocycles. The highest BCUT2D eigenvalue weighted by Gasteiger charge is 2.32. The molecule has 1 aliphatic rings. The largest absolute Gasteiger partial charge is 0.434 e. The van der Waals surface area contributed by atoms with E-state index in [1.807, 2.05) is 0 Å². The molecule has 1 N–H and O–H groups in total. The summed E-state index contributed by atoms with van der Waals surface area (Å²) in [5, 5.41) is 2.56. The van der Waals surface area contributed by atoms with Crippen molar-refractivity contribution in [3.05, 3.63) is 29.8 Å². The Labute approximate surface area is 121 Å². The summed E-state index contributed by atoms with van der Waals surface area (Å²) in [6.45, 7) is -2.93. The summed E-state index contributed by atoms with van der Waals surface area (Å²) in [6.07, 6.45) is 0.295. The van der Waals surface area contributed by atoms with E-state index in [2.05, 4.69) is 10.1 Å². The molecule has 8 heteroatoms. The van der Waals surface area contributed by atoms with Crippen LogP contribution in [0, 0.1) is 5.92 Å². The molecule has 1 heterocycles. The van der Waals surface area contributed by atoms with Gasteiger partial charge in [-0.05, 0) is 12.5 Å². The van der Waals surface area contributed by atoms with Gasteiger partial charge in [0.25, 0.3) is 0 Å². The lowest BCUT2D eigenvalue weighted by Crippen LogP contribution is -2.31. The minimum atomic E-state index is -3.13. The summed E-state index contributed by atoms with van der Waals surface area (Å²) in [6, 6.07) is 6.13. The van der Waals surface area contributed by atoms with Crippen molar-refractivity contribution in [3.8, 4) is 5.75 Å². The molecule has 5 nitrogen and oxygen atoms in total. The van der Waals surface area contributed by atoms with Crippen LogP contribution < -0.4 is 10.1 Å². The summed E-state index contributed by atoms with van der Waals surface area (Å²) < 4.78 is 51.5. The Morgan fingerprint density at radius 1 is 1.38 bits per heavy atom. The number of para-hydroxylation sites is 1. The third-order valence-corrected chi connectivity index (χ3v) is 5.01. The highest BCUT2D eigenvalue weighted by molar-refractivity contribution is 7.91. The van der Waals surface area contributed by atoms with Gasteiger partial charge in [0.2, 0.25) is 5.91 Å². The number of amides is 1. The summed E-state index contributed by atoms with van der Waals surface area (Å²) in [5.74, 6) is -1.11. The van der Waals surface area contributed by atoms with E-state index in [1.54, 1.807) is 18.2 Å². The molecule has 1 aromatic rings. The molecule has 2 rings (SSSR count). The zero-order valence-electron chi connectivity index (χ0n) is 11.1. The Kier molecular flexibility index (Phi) is 4.76. The first-order valence-corrected chi connectivity index (χ1v) is 8.20. The van der Waals surface area contributed by atoms with E-state index in [4.69, 9.17) is 0 Å². The van der Waals surface area contributed by atoms with Crippen molar-refractivity contribution in [2.45, 2.75) is 19.6 Å². The van der Waals surface area contributed by atoms with Gasteiger partial charge in [0, 0.05) is 12.1 Å². The summed E-state index contributed by atoms with van der Waals surface area (Å²) in [4.78, 5) is 11.9. The molecule has 0 aromatic heterocycles. The second-order valence-corrected chi connectivity index (χ2v) is 7.03. The molecule has 0 radical (unpaired) electrons. The minimum Gasteiger partial charge on any atom is -0.434 e. The molecule has 1 amide bonds. The van der Waals surface area contributed by atoms with Crippen molar-refractivity contribution >= 4 is 15.7 Å². The van der Waals surface area contributed by atoms with E-state index in [-0.39, 0.29) is 29.7 Å². The van der Waals surface area contributed by atoms with E-state index < -0.39 is 22.4 Å². The number of alkyl halides is 2. The molecule has 0 aliphatic carbocycles.